The van der Waals surface area contributed by atoms with Crippen LogP contribution in [0.3, 0.4) is 0 Å². The molecule has 1 aromatic carbocycles. The molecular weight excluding hydrogens is 388 g/mol. The van der Waals surface area contributed by atoms with Gasteiger partial charge in [0.2, 0.25) is 0 Å². The van der Waals surface area contributed by atoms with Crippen LogP contribution in [0, 0.1) is 6.92 Å². The summed E-state index contributed by atoms with van der Waals surface area (Å²) in [5.74, 6) is 1.57. The van der Waals surface area contributed by atoms with Crippen molar-refractivity contribution in [3.63, 3.8) is 0 Å². The molecule has 6 rings (SSSR count). The number of hydrogen-bond acceptors (Lipinski definition) is 6. The number of hydrogen-bond donors (Lipinski definition) is 3. The van der Waals surface area contributed by atoms with Crippen LogP contribution >= 0.6 is 0 Å². The van der Waals surface area contributed by atoms with Crippen LogP contribution in [0.4, 0.5) is 5.69 Å². The Labute approximate surface area is 183 Å². The molecule has 2 saturated heterocycles. The van der Waals surface area contributed by atoms with Gasteiger partial charge in [-0.3, -0.25) is 9.58 Å². The van der Waals surface area contributed by atoms with Gasteiger partial charge in [-0.1, -0.05) is 6.07 Å². The molecule has 0 amide bonds. The first-order valence-corrected chi connectivity index (χ1v) is 11.3. The van der Waals surface area contributed by atoms with Crippen LogP contribution in [0.15, 0.2) is 42.4 Å². The SMILES string of the molecule is Cc1cc(C2CN(C3CCNC3)C2)cc2c1OCC1=C(c3cnn(C)c3)C=CNC1N2. The summed E-state index contributed by atoms with van der Waals surface area (Å²) in [5.41, 5.74) is 7.21. The van der Waals surface area contributed by atoms with E-state index in [0.29, 0.717) is 12.5 Å². The number of rotatable bonds is 3. The fourth-order valence-electron chi connectivity index (χ4n) is 5.34. The number of allylic oxidation sites excluding steroid dienone is 2. The lowest BCUT2D eigenvalue weighted by molar-refractivity contribution is 0.101. The van der Waals surface area contributed by atoms with Gasteiger partial charge < -0.3 is 20.7 Å². The Morgan fingerprint density at radius 1 is 1.23 bits per heavy atom. The van der Waals surface area contributed by atoms with Crippen molar-refractivity contribution in [3.8, 4) is 5.75 Å². The third-order valence-corrected chi connectivity index (χ3v) is 7.12. The minimum absolute atomic E-state index is 0.0126. The highest BCUT2D eigenvalue weighted by Gasteiger charge is 2.35. The number of ether oxygens (including phenoxy) is 1. The summed E-state index contributed by atoms with van der Waals surface area (Å²) in [6.45, 7) is 7.33. The van der Waals surface area contributed by atoms with Gasteiger partial charge in [-0.2, -0.15) is 5.10 Å². The monoisotopic (exact) mass is 418 g/mol. The zero-order valence-electron chi connectivity index (χ0n) is 18.2. The van der Waals surface area contributed by atoms with Crippen LogP contribution in [0.5, 0.6) is 5.75 Å². The Morgan fingerprint density at radius 2 is 2.13 bits per heavy atom. The Morgan fingerprint density at radius 3 is 2.90 bits per heavy atom. The summed E-state index contributed by atoms with van der Waals surface area (Å²) in [4.78, 5) is 2.63. The minimum Gasteiger partial charge on any atom is -0.487 e. The number of aryl methyl sites for hydroxylation is 2. The van der Waals surface area contributed by atoms with Gasteiger partial charge in [-0.05, 0) is 54.9 Å². The number of aromatic nitrogens is 2. The molecule has 0 bridgehead atoms. The molecule has 2 atom stereocenters. The molecule has 5 heterocycles. The number of likely N-dealkylation sites (tertiary alicyclic amines) is 1. The van der Waals surface area contributed by atoms with E-state index >= 15 is 0 Å². The first-order valence-electron chi connectivity index (χ1n) is 11.3. The molecule has 1 aromatic heterocycles. The normalized spacial score (nSPS) is 25.7. The summed E-state index contributed by atoms with van der Waals surface area (Å²) in [6.07, 6.45) is 9.39. The Bertz CT molecular complexity index is 1060. The van der Waals surface area contributed by atoms with Crippen molar-refractivity contribution in [1.29, 1.82) is 0 Å². The molecule has 7 heteroatoms. The highest BCUT2D eigenvalue weighted by molar-refractivity contribution is 5.79. The lowest BCUT2D eigenvalue weighted by Gasteiger charge is -2.43. The van der Waals surface area contributed by atoms with Gasteiger partial charge in [0.1, 0.15) is 18.5 Å². The molecule has 0 spiro atoms. The van der Waals surface area contributed by atoms with Gasteiger partial charge in [0.05, 0.1) is 11.9 Å². The van der Waals surface area contributed by atoms with Crippen LogP contribution in [-0.4, -0.2) is 59.7 Å². The Kier molecular flexibility index (Phi) is 4.54. The number of fused-ring (bicyclic) bond motifs is 2. The summed E-state index contributed by atoms with van der Waals surface area (Å²) < 4.78 is 8.20. The molecule has 0 radical (unpaired) electrons. The van der Waals surface area contributed by atoms with Gasteiger partial charge in [-0.25, -0.2) is 0 Å². The van der Waals surface area contributed by atoms with E-state index in [2.05, 4.69) is 57.3 Å². The molecule has 31 heavy (non-hydrogen) atoms. The van der Waals surface area contributed by atoms with Crippen LogP contribution in [0.1, 0.15) is 29.0 Å². The smallest absolute Gasteiger partial charge is 0.145 e. The second kappa shape index (κ2) is 7.43. The van der Waals surface area contributed by atoms with E-state index in [-0.39, 0.29) is 6.17 Å². The number of nitrogens with one attached hydrogen (secondary N) is 3. The van der Waals surface area contributed by atoms with E-state index in [1.165, 1.54) is 28.7 Å². The van der Waals surface area contributed by atoms with Crippen LogP contribution in [0.2, 0.25) is 0 Å². The highest BCUT2D eigenvalue weighted by Crippen LogP contribution is 2.40. The molecule has 4 aliphatic heterocycles. The highest BCUT2D eigenvalue weighted by atomic mass is 16.5. The lowest BCUT2D eigenvalue weighted by atomic mass is 9.88. The number of nitrogens with zero attached hydrogens (tertiary/aromatic N) is 3. The second-order valence-corrected chi connectivity index (χ2v) is 9.22. The molecule has 162 valence electrons. The van der Waals surface area contributed by atoms with Crippen LogP contribution in [-0.2, 0) is 7.05 Å². The first-order chi connectivity index (χ1) is 15.2. The summed E-state index contributed by atoms with van der Waals surface area (Å²) in [5, 5.41) is 15.0. The molecule has 2 fully saturated rings. The number of dihydropyridines is 1. The van der Waals surface area contributed by atoms with E-state index in [1.807, 2.05) is 24.1 Å². The fourth-order valence-corrected chi connectivity index (χ4v) is 5.34. The van der Waals surface area contributed by atoms with Crippen molar-refractivity contribution in [2.75, 3.05) is 38.1 Å². The van der Waals surface area contributed by atoms with E-state index in [9.17, 15) is 0 Å². The van der Waals surface area contributed by atoms with Crippen LogP contribution in [0.25, 0.3) is 5.57 Å². The largest absolute Gasteiger partial charge is 0.487 e. The zero-order valence-corrected chi connectivity index (χ0v) is 18.2. The average Bonchev–Trinajstić information content (AvgIpc) is 3.35. The van der Waals surface area contributed by atoms with E-state index in [4.69, 9.17) is 4.74 Å². The van der Waals surface area contributed by atoms with Gasteiger partial charge in [0, 0.05) is 56.0 Å². The van der Waals surface area contributed by atoms with Crippen molar-refractivity contribution in [3.05, 3.63) is 59.1 Å². The van der Waals surface area contributed by atoms with E-state index in [0.717, 1.165) is 49.2 Å². The maximum absolute atomic E-state index is 6.36. The maximum atomic E-state index is 6.36. The summed E-state index contributed by atoms with van der Waals surface area (Å²) in [6, 6.07) is 5.35. The fraction of sp³-hybridized carbons (Fsp3) is 0.458. The van der Waals surface area contributed by atoms with Gasteiger partial charge in [0.25, 0.3) is 0 Å². The summed E-state index contributed by atoms with van der Waals surface area (Å²) >= 11 is 0. The van der Waals surface area contributed by atoms with Crippen molar-refractivity contribution >= 4 is 11.3 Å². The third kappa shape index (κ3) is 3.32. The van der Waals surface area contributed by atoms with Gasteiger partial charge in [-0.15, -0.1) is 0 Å². The quantitative estimate of drug-likeness (QED) is 0.710. The van der Waals surface area contributed by atoms with Gasteiger partial charge in [0.15, 0.2) is 0 Å². The topological polar surface area (TPSA) is 66.4 Å². The second-order valence-electron chi connectivity index (χ2n) is 9.22. The van der Waals surface area contributed by atoms with E-state index < -0.39 is 0 Å². The predicted molar refractivity (Wildman–Crippen MR) is 122 cm³/mol. The molecule has 2 aromatic rings. The summed E-state index contributed by atoms with van der Waals surface area (Å²) in [7, 11) is 1.95. The molecule has 0 aliphatic carbocycles. The molecular formula is C24H30N6O. The molecule has 4 aliphatic rings. The first kappa shape index (κ1) is 19.0. The molecule has 7 nitrogen and oxygen atoms in total. The standard InChI is InChI=1S/C24H30N6O/c1-15-7-16(18-12-30(13-18)19-3-5-25-10-19)8-22-23(15)31-14-21-20(4-6-26-24(21)28-22)17-9-27-29(2)11-17/h4,6-9,11,18-19,24-26,28H,3,5,10,12-14H2,1-2H3. The number of benzene rings is 1. The third-order valence-electron chi connectivity index (χ3n) is 7.12. The zero-order chi connectivity index (χ0) is 20.9. The minimum atomic E-state index is 0.0126. The van der Waals surface area contributed by atoms with Crippen molar-refractivity contribution in [2.45, 2.75) is 31.5 Å². The molecule has 2 unspecified atom stereocenters. The maximum Gasteiger partial charge on any atom is 0.145 e. The molecule has 0 saturated carbocycles. The predicted octanol–water partition coefficient (Wildman–Crippen LogP) is 2.19. The van der Waals surface area contributed by atoms with Crippen molar-refractivity contribution < 1.29 is 4.74 Å². The van der Waals surface area contributed by atoms with E-state index in [1.54, 1.807) is 0 Å². The average molecular weight is 419 g/mol. The Balaban J connectivity index is 1.26. The molecule has 3 N–H and O–H groups in total. The van der Waals surface area contributed by atoms with Gasteiger partial charge >= 0.3 is 0 Å². The van der Waals surface area contributed by atoms with Crippen molar-refractivity contribution in [2.24, 2.45) is 7.05 Å². The lowest BCUT2D eigenvalue weighted by Crippen LogP contribution is -2.51. The van der Waals surface area contributed by atoms with Crippen molar-refractivity contribution in [1.82, 2.24) is 25.3 Å². The Hall–Kier alpha value is -2.77. The van der Waals surface area contributed by atoms with Crippen LogP contribution < -0.4 is 20.7 Å². The number of anilines is 1.